The highest BCUT2D eigenvalue weighted by Crippen LogP contribution is 2.27. The van der Waals surface area contributed by atoms with Crippen LogP contribution in [0.2, 0.25) is 0 Å². The Labute approximate surface area is 162 Å². The van der Waals surface area contributed by atoms with E-state index in [1.165, 1.54) is 6.20 Å². The predicted octanol–water partition coefficient (Wildman–Crippen LogP) is 3.32. The Morgan fingerprint density at radius 1 is 1.11 bits per heavy atom. The van der Waals surface area contributed by atoms with Gasteiger partial charge in [0, 0.05) is 29.4 Å². The third kappa shape index (κ3) is 3.94. The Balaban J connectivity index is 1.63. The number of rotatable bonds is 4. The van der Waals surface area contributed by atoms with Gasteiger partial charge in [-0.2, -0.15) is 0 Å². The first-order valence-electron chi connectivity index (χ1n) is 9.43. The maximum absolute atomic E-state index is 14.5. The number of pyridine rings is 1. The van der Waals surface area contributed by atoms with Crippen molar-refractivity contribution in [2.45, 2.75) is 37.8 Å². The minimum atomic E-state index is -0.504. The molecule has 4 N–H and O–H groups in total. The van der Waals surface area contributed by atoms with Gasteiger partial charge in [-0.15, -0.1) is 0 Å². The van der Waals surface area contributed by atoms with Gasteiger partial charge in [-0.05, 0) is 49.4 Å². The Morgan fingerprint density at radius 3 is 2.68 bits per heavy atom. The van der Waals surface area contributed by atoms with Crippen LogP contribution in [-0.2, 0) is 0 Å². The number of hydrogen-bond acceptors (Lipinski definition) is 5. The molecule has 0 bridgehead atoms. The number of aromatic nitrogens is 3. The summed E-state index contributed by atoms with van der Waals surface area (Å²) in [7, 11) is 0. The molecule has 28 heavy (non-hydrogen) atoms. The lowest BCUT2D eigenvalue weighted by molar-refractivity contribution is 0.409. The van der Waals surface area contributed by atoms with Gasteiger partial charge < -0.3 is 16.0 Å². The molecule has 144 valence electrons. The van der Waals surface area contributed by atoms with E-state index in [-0.39, 0.29) is 23.3 Å². The molecule has 0 radical (unpaired) electrons. The Morgan fingerprint density at radius 2 is 1.89 bits per heavy atom. The van der Waals surface area contributed by atoms with Crippen molar-refractivity contribution in [2.24, 2.45) is 5.73 Å². The van der Waals surface area contributed by atoms with Crippen LogP contribution in [0.4, 0.5) is 10.3 Å². The number of H-pyrrole nitrogens is 1. The molecule has 6 nitrogen and oxygen atoms in total. The monoisotopic (exact) mass is 379 g/mol. The van der Waals surface area contributed by atoms with E-state index in [1.54, 1.807) is 36.5 Å². The highest BCUT2D eigenvalue weighted by atomic mass is 19.1. The van der Waals surface area contributed by atoms with Crippen molar-refractivity contribution >= 4 is 5.95 Å². The zero-order valence-electron chi connectivity index (χ0n) is 15.4. The van der Waals surface area contributed by atoms with Crippen molar-refractivity contribution in [1.82, 2.24) is 15.0 Å². The van der Waals surface area contributed by atoms with E-state index in [0.717, 1.165) is 25.7 Å². The molecule has 1 aromatic carbocycles. The Bertz CT molecular complexity index is 1030. The van der Waals surface area contributed by atoms with Crippen molar-refractivity contribution in [3.63, 3.8) is 0 Å². The third-order valence-corrected chi connectivity index (χ3v) is 5.11. The zero-order valence-corrected chi connectivity index (χ0v) is 15.4. The van der Waals surface area contributed by atoms with E-state index >= 15 is 0 Å². The number of anilines is 1. The maximum Gasteiger partial charge on any atom is 0.255 e. The predicted molar refractivity (Wildman–Crippen MR) is 107 cm³/mol. The Kier molecular flexibility index (Phi) is 5.16. The lowest BCUT2D eigenvalue weighted by Gasteiger charge is -2.26. The molecule has 2 heterocycles. The second kappa shape index (κ2) is 7.90. The quantitative estimate of drug-likeness (QED) is 0.646. The van der Waals surface area contributed by atoms with Crippen molar-refractivity contribution in [3.8, 4) is 22.4 Å². The molecule has 2 aromatic heterocycles. The smallest absolute Gasteiger partial charge is 0.255 e. The summed E-state index contributed by atoms with van der Waals surface area (Å²) in [5.74, 6) is -0.102. The summed E-state index contributed by atoms with van der Waals surface area (Å²) in [6.07, 6.45) is 6.57. The van der Waals surface area contributed by atoms with Crippen molar-refractivity contribution in [2.75, 3.05) is 5.32 Å². The molecule has 0 atom stereocenters. The van der Waals surface area contributed by atoms with Crippen LogP contribution < -0.4 is 16.6 Å². The van der Waals surface area contributed by atoms with Gasteiger partial charge in [-0.25, -0.2) is 14.4 Å². The van der Waals surface area contributed by atoms with Gasteiger partial charge in [0.2, 0.25) is 5.95 Å². The summed E-state index contributed by atoms with van der Waals surface area (Å²) in [6, 6.07) is 11.1. The minimum Gasteiger partial charge on any atom is -0.351 e. The van der Waals surface area contributed by atoms with E-state index in [0.29, 0.717) is 22.6 Å². The molecule has 7 heteroatoms. The first-order chi connectivity index (χ1) is 13.6. The molecule has 1 fully saturated rings. The lowest BCUT2D eigenvalue weighted by Crippen LogP contribution is -2.33. The normalized spacial score (nSPS) is 19.4. The summed E-state index contributed by atoms with van der Waals surface area (Å²) in [6.45, 7) is 0. The molecule has 0 saturated heterocycles. The van der Waals surface area contributed by atoms with Crippen LogP contribution in [0.3, 0.4) is 0 Å². The fourth-order valence-electron chi connectivity index (χ4n) is 3.57. The van der Waals surface area contributed by atoms with Gasteiger partial charge in [0.25, 0.3) is 5.56 Å². The molecule has 1 saturated carbocycles. The average molecular weight is 379 g/mol. The number of nitrogens with one attached hydrogen (secondary N) is 2. The molecule has 1 aliphatic rings. The van der Waals surface area contributed by atoms with Crippen molar-refractivity contribution in [3.05, 3.63) is 65.0 Å². The molecule has 0 amide bonds. The molecule has 3 aromatic rings. The molecular formula is C21H22FN5O. The van der Waals surface area contributed by atoms with Crippen LogP contribution in [0.15, 0.2) is 53.6 Å². The van der Waals surface area contributed by atoms with Crippen LogP contribution in [0.1, 0.15) is 25.7 Å². The molecule has 0 unspecified atom stereocenters. The SMILES string of the molecule is N[C@H]1CC[C@H](Nc2ncc(F)c(-c3cccc(-c4ccc[nH]c4=O)c3)n2)CC1. The van der Waals surface area contributed by atoms with Crippen LogP contribution in [-0.4, -0.2) is 27.0 Å². The average Bonchev–Trinajstić information content (AvgIpc) is 2.71. The van der Waals surface area contributed by atoms with E-state index < -0.39 is 5.82 Å². The molecule has 4 rings (SSSR count). The zero-order chi connectivity index (χ0) is 19.5. The van der Waals surface area contributed by atoms with Gasteiger partial charge in [0.1, 0.15) is 5.69 Å². The minimum absolute atomic E-state index is 0.194. The summed E-state index contributed by atoms with van der Waals surface area (Å²) < 4.78 is 14.5. The number of aromatic amines is 1. The molecule has 0 aliphatic heterocycles. The number of nitrogens with zero attached hydrogens (tertiary/aromatic N) is 2. The van der Waals surface area contributed by atoms with Gasteiger partial charge in [-0.1, -0.05) is 18.2 Å². The van der Waals surface area contributed by atoms with Gasteiger partial charge >= 0.3 is 0 Å². The molecule has 0 spiro atoms. The standard InChI is InChI=1S/C21H22FN5O/c22-18-12-25-21(26-16-8-6-15(23)7-9-16)27-19(18)14-4-1-3-13(11-14)17-5-2-10-24-20(17)28/h1-5,10-12,15-16H,6-9,23H2,(H,24,28)(H,25,26,27)/t15-,16-. The van der Waals surface area contributed by atoms with E-state index in [4.69, 9.17) is 5.73 Å². The first kappa shape index (κ1) is 18.3. The number of nitrogens with two attached hydrogens (primary N) is 1. The molecule has 1 aliphatic carbocycles. The second-order valence-electron chi connectivity index (χ2n) is 7.14. The second-order valence-corrected chi connectivity index (χ2v) is 7.14. The van der Waals surface area contributed by atoms with Gasteiger partial charge in [0.15, 0.2) is 5.82 Å². The summed E-state index contributed by atoms with van der Waals surface area (Å²) in [5.41, 5.74) is 7.78. The summed E-state index contributed by atoms with van der Waals surface area (Å²) in [5, 5.41) is 3.29. The highest BCUT2D eigenvalue weighted by molar-refractivity contribution is 5.71. The number of halogens is 1. The number of benzene rings is 1. The van der Waals surface area contributed by atoms with E-state index in [9.17, 15) is 9.18 Å². The fraction of sp³-hybridized carbons (Fsp3) is 0.286. The van der Waals surface area contributed by atoms with Crippen molar-refractivity contribution < 1.29 is 4.39 Å². The maximum atomic E-state index is 14.5. The Hall–Kier alpha value is -3.06. The lowest BCUT2D eigenvalue weighted by atomic mass is 9.92. The van der Waals surface area contributed by atoms with E-state index in [1.807, 2.05) is 6.07 Å². The number of hydrogen-bond donors (Lipinski definition) is 3. The third-order valence-electron chi connectivity index (χ3n) is 5.11. The summed E-state index contributed by atoms with van der Waals surface area (Å²) >= 11 is 0. The van der Waals surface area contributed by atoms with Crippen molar-refractivity contribution in [1.29, 1.82) is 0 Å². The van der Waals surface area contributed by atoms with Crippen LogP contribution in [0.25, 0.3) is 22.4 Å². The molecular weight excluding hydrogens is 357 g/mol. The fourth-order valence-corrected chi connectivity index (χ4v) is 3.57. The van der Waals surface area contributed by atoms with Gasteiger partial charge in [0.05, 0.1) is 6.20 Å². The van der Waals surface area contributed by atoms with Crippen LogP contribution in [0, 0.1) is 5.82 Å². The van der Waals surface area contributed by atoms with E-state index in [2.05, 4.69) is 20.3 Å². The largest absolute Gasteiger partial charge is 0.351 e. The van der Waals surface area contributed by atoms with Gasteiger partial charge in [-0.3, -0.25) is 4.79 Å². The highest BCUT2D eigenvalue weighted by Gasteiger charge is 2.20. The summed E-state index contributed by atoms with van der Waals surface area (Å²) in [4.78, 5) is 23.2. The topological polar surface area (TPSA) is 96.7 Å². The first-order valence-corrected chi connectivity index (χ1v) is 9.43. The van der Waals surface area contributed by atoms with Crippen LogP contribution in [0.5, 0.6) is 0 Å². The van der Waals surface area contributed by atoms with Crippen LogP contribution >= 0.6 is 0 Å².